The molecule has 0 amide bonds. The van der Waals surface area contributed by atoms with E-state index in [4.69, 9.17) is 5.11 Å². The van der Waals surface area contributed by atoms with E-state index in [2.05, 4.69) is 15.3 Å². The van der Waals surface area contributed by atoms with Crippen molar-refractivity contribution in [3.05, 3.63) is 22.7 Å². The zero-order valence-corrected chi connectivity index (χ0v) is 8.64. The molecule has 6 heteroatoms. The van der Waals surface area contributed by atoms with E-state index in [1.807, 2.05) is 0 Å². The topological polar surface area (TPSA) is 95.1 Å². The maximum atomic E-state index is 11.4. The van der Waals surface area contributed by atoms with E-state index < -0.39 is 5.97 Å². The molecular weight excluding hydrogens is 210 g/mol. The Balaban J connectivity index is 2.08. The molecule has 1 aliphatic rings. The Kier molecular flexibility index (Phi) is 2.89. The summed E-state index contributed by atoms with van der Waals surface area (Å²) < 4.78 is 0. The molecule has 0 saturated heterocycles. The summed E-state index contributed by atoms with van der Waals surface area (Å²) in [7, 11) is 0. The fourth-order valence-corrected chi connectivity index (χ4v) is 1.65. The van der Waals surface area contributed by atoms with Crippen LogP contribution >= 0.6 is 0 Å². The van der Waals surface area contributed by atoms with Gasteiger partial charge in [-0.25, -0.2) is 4.98 Å². The molecular formula is C10H13N3O3. The Labute approximate surface area is 91.7 Å². The van der Waals surface area contributed by atoms with Crippen molar-refractivity contribution in [3.8, 4) is 0 Å². The van der Waals surface area contributed by atoms with Crippen molar-refractivity contribution in [1.82, 2.24) is 9.97 Å². The third-order valence-electron chi connectivity index (χ3n) is 2.62. The molecule has 2 rings (SSSR count). The predicted molar refractivity (Wildman–Crippen MR) is 57.2 cm³/mol. The molecule has 0 aliphatic heterocycles. The fourth-order valence-electron chi connectivity index (χ4n) is 1.65. The smallest absolute Gasteiger partial charge is 0.305 e. The molecule has 0 radical (unpaired) electrons. The molecule has 0 bridgehead atoms. The van der Waals surface area contributed by atoms with Crippen LogP contribution in [0.5, 0.6) is 0 Å². The first-order valence-electron chi connectivity index (χ1n) is 5.19. The minimum Gasteiger partial charge on any atom is -0.481 e. The Morgan fingerprint density at radius 2 is 2.44 bits per heavy atom. The molecule has 3 N–H and O–H groups in total. The molecule has 1 heterocycles. The van der Waals surface area contributed by atoms with Crippen molar-refractivity contribution < 1.29 is 9.90 Å². The molecule has 16 heavy (non-hydrogen) atoms. The molecule has 1 atom stereocenters. The Morgan fingerprint density at radius 3 is 3.00 bits per heavy atom. The highest BCUT2D eigenvalue weighted by molar-refractivity contribution is 5.68. The molecule has 1 aromatic rings. The normalized spacial score (nSPS) is 16.8. The molecule has 0 aromatic carbocycles. The summed E-state index contributed by atoms with van der Waals surface area (Å²) in [6.45, 7) is 0. The van der Waals surface area contributed by atoms with Crippen LogP contribution in [-0.2, 0) is 4.79 Å². The Hall–Kier alpha value is -1.85. The van der Waals surface area contributed by atoms with Gasteiger partial charge in [0.2, 0.25) is 0 Å². The highest BCUT2D eigenvalue weighted by Crippen LogP contribution is 2.35. The van der Waals surface area contributed by atoms with Crippen LogP contribution in [0.1, 0.15) is 19.3 Å². The fraction of sp³-hybridized carbons (Fsp3) is 0.500. The maximum absolute atomic E-state index is 11.4. The first-order valence-corrected chi connectivity index (χ1v) is 5.19. The van der Waals surface area contributed by atoms with E-state index in [1.165, 1.54) is 12.4 Å². The van der Waals surface area contributed by atoms with Gasteiger partial charge in [-0.05, 0) is 18.8 Å². The van der Waals surface area contributed by atoms with Gasteiger partial charge in [-0.15, -0.1) is 0 Å². The van der Waals surface area contributed by atoms with Crippen LogP contribution in [0.4, 0.5) is 5.82 Å². The Bertz CT molecular complexity index is 439. The number of nitrogens with one attached hydrogen (secondary N) is 2. The van der Waals surface area contributed by atoms with Gasteiger partial charge in [0.15, 0.2) is 5.82 Å². The number of carboxylic acid groups (broad SMARTS) is 1. The minimum absolute atomic E-state index is 0.0146. The molecule has 1 aromatic heterocycles. The van der Waals surface area contributed by atoms with Crippen LogP contribution in [0.25, 0.3) is 0 Å². The van der Waals surface area contributed by atoms with Gasteiger partial charge in [-0.1, -0.05) is 0 Å². The number of anilines is 1. The highest BCUT2D eigenvalue weighted by atomic mass is 16.4. The van der Waals surface area contributed by atoms with Crippen LogP contribution in [0.2, 0.25) is 0 Å². The van der Waals surface area contributed by atoms with Gasteiger partial charge in [0.05, 0.1) is 6.42 Å². The van der Waals surface area contributed by atoms with Gasteiger partial charge >= 0.3 is 5.97 Å². The second kappa shape index (κ2) is 4.34. The summed E-state index contributed by atoms with van der Waals surface area (Å²) in [5.41, 5.74) is -0.321. The van der Waals surface area contributed by atoms with E-state index in [0.717, 1.165) is 12.8 Å². The van der Waals surface area contributed by atoms with E-state index in [1.54, 1.807) is 0 Å². The second-order valence-corrected chi connectivity index (χ2v) is 3.95. The average molecular weight is 223 g/mol. The van der Waals surface area contributed by atoms with Crippen molar-refractivity contribution in [1.29, 1.82) is 0 Å². The van der Waals surface area contributed by atoms with Crippen molar-refractivity contribution in [3.63, 3.8) is 0 Å². The SMILES string of the molecule is O=C(O)CC(Nc1ncc[nH]c1=O)C1CC1. The molecule has 6 nitrogen and oxygen atoms in total. The third-order valence-corrected chi connectivity index (χ3v) is 2.62. The molecule has 86 valence electrons. The number of aromatic nitrogens is 2. The van der Waals surface area contributed by atoms with Crippen molar-refractivity contribution in [2.75, 3.05) is 5.32 Å². The number of aromatic amines is 1. The molecule has 1 unspecified atom stereocenters. The van der Waals surface area contributed by atoms with Gasteiger partial charge in [-0.2, -0.15) is 0 Å². The second-order valence-electron chi connectivity index (χ2n) is 3.95. The largest absolute Gasteiger partial charge is 0.481 e. The van der Waals surface area contributed by atoms with Gasteiger partial charge in [0, 0.05) is 18.4 Å². The lowest BCUT2D eigenvalue weighted by molar-refractivity contribution is -0.137. The van der Waals surface area contributed by atoms with E-state index in [0.29, 0.717) is 5.92 Å². The average Bonchev–Trinajstić information content (AvgIpc) is 3.03. The van der Waals surface area contributed by atoms with Crippen molar-refractivity contribution >= 4 is 11.8 Å². The van der Waals surface area contributed by atoms with Crippen LogP contribution in [0.3, 0.4) is 0 Å². The summed E-state index contributed by atoms with van der Waals surface area (Å²) in [5, 5.41) is 11.7. The summed E-state index contributed by atoms with van der Waals surface area (Å²) in [4.78, 5) is 28.4. The van der Waals surface area contributed by atoms with Crippen LogP contribution < -0.4 is 10.9 Å². The molecule has 1 fully saturated rings. The van der Waals surface area contributed by atoms with Crippen molar-refractivity contribution in [2.24, 2.45) is 5.92 Å². The number of H-pyrrole nitrogens is 1. The Morgan fingerprint density at radius 1 is 1.69 bits per heavy atom. The predicted octanol–water partition coefficient (Wildman–Crippen LogP) is 0.435. The number of hydrogen-bond acceptors (Lipinski definition) is 4. The first-order chi connectivity index (χ1) is 7.66. The summed E-state index contributed by atoms with van der Waals surface area (Å²) >= 11 is 0. The lowest BCUT2D eigenvalue weighted by Gasteiger charge is -2.15. The zero-order valence-electron chi connectivity index (χ0n) is 8.64. The number of rotatable bonds is 5. The monoisotopic (exact) mass is 223 g/mol. The zero-order chi connectivity index (χ0) is 11.5. The number of hydrogen-bond donors (Lipinski definition) is 3. The van der Waals surface area contributed by atoms with Crippen LogP contribution in [0, 0.1) is 5.92 Å². The van der Waals surface area contributed by atoms with Gasteiger partial charge in [-0.3, -0.25) is 9.59 Å². The summed E-state index contributed by atoms with van der Waals surface area (Å²) in [6.07, 6.45) is 4.94. The highest BCUT2D eigenvalue weighted by Gasteiger charge is 2.33. The van der Waals surface area contributed by atoms with Crippen molar-refractivity contribution in [2.45, 2.75) is 25.3 Å². The van der Waals surface area contributed by atoms with E-state index in [9.17, 15) is 9.59 Å². The minimum atomic E-state index is -0.864. The first kappa shape index (κ1) is 10.7. The summed E-state index contributed by atoms with van der Waals surface area (Å²) in [5.74, 6) is -0.324. The van der Waals surface area contributed by atoms with Crippen LogP contribution in [-0.4, -0.2) is 27.1 Å². The lowest BCUT2D eigenvalue weighted by Crippen LogP contribution is -2.29. The summed E-state index contributed by atoms with van der Waals surface area (Å²) in [6, 6.07) is -0.200. The quantitative estimate of drug-likeness (QED) is 0.673. The molecule has 1 saturated carbocycles. The molecule has 1 aliphatic carbocycles. The van der Waals surface area contributed by atoms with Gasteiger partial charge in [0.1, 0.15) is 0 Å². The number of aliphatic carboxylic acids is 1. The van der Waals surface area contributed by atoms with Gasteiger partial charge < -0.3 is 15.4 Å². The maximum Gasteiger partial charge on any atom is 0.305 e. The lowest BCUT2D eigenvalue weighted by atomic mass is 10.1. The van der Waals surface area contributed by atoms with Gasteiger partial charge in [0.25, 0.3) is 5.56 Å². The molecule has 0 spiro atoms. The van der Waals surface area contributed by atoms with Crippen LogP contribution in [0.15, 0.2) is 17.2 Å². The third kappa shape index (κ3) is 2.59. The number of carbonyl (C=O) groups is 1. The number of carboxylic acids is 1. The van der Waals surface area contributed by atoms with E-state index >= 15 is 0 Å². The van der Waals surface area contributed by atoms with E-state index in [-0.39, 0.29) is 23.8 Å². The standard InChI is InChI=1S/C10H13N3O3/c14-8(15)5-7(6-1-2-6)13-9-10(16)12-4-3-11-9/h3-4,6-7H,1-2,5H2,(H,11,13)(H,12,16)(H,14,15). The number of nitrogens with zero attached hydrogens (tertiary/aromatic N) is 1.